The third-order valence-electron chi connectivity index (χ3n) is 3.26. The lowest BCUT2D eigenvalue weighted by atomic mass is 10.2. The van der Waals surface area contributed by atoms with E-state index in [1.165, 1.54) is 12.8 Å². The van der Waals surface area contributed by atoms with Gasteiger partial charge in [-0.05, 0) is 43.4 Å². The summed E-state index contributed by atoms with van der Waals surface area (Å²) >= 11 is 6.30. The molecule has 1 aliphatic carbocycles. The molecule has 2 rings (SSSR count). The van der Waals surface area contributed by atoms with E-state index in [0.29, 0.717) is 29.2 Å². The molecule has 1 aromatic rings. The number of nitrogens with one attached hydrogen (secondary N) is 1. The number of unbranched alkanes of at least 4 members (excludes halogenated alkanes) is 1. The van der Waals surface area contributed by atoms with Gasteiger partial charge in [-0.15, -0.1) is 6.58 Å². The second-order valence-corrected chi connectivity index (χ2v) is 5.45. The second kappa shape index (κ2) is 7.55. The fourth-order valence-electron chi connectivity index (χ4n) is 1.97. The van der Waals surface area contributed by atoms with Crippen LogP contribution < -0.4 is 14.8 Å². The first kappa shape index (κ1) is 15.2. The molecule has 0 aliphatic heterocycles. The van der Waals surface area contributed by atoms with Gasteiger partial charge < -0.3 is 14.8 Å². The summed E-state index contributed by atoms with van der Waals surface area (Å²) in [5, 5.41) is 4.07. The molecular weight excluding hydrogens is 274 g/mol. The van der Waals surface area contributed by atoms with Gasteiger partial charge in [0.15, 0.2) is 11.5 Å². The van der Waals surface area contributed by atoms with Gasteiger partial charge in [0.25, 0.3) is 0 Å². The normalized spacial score (nSPS) is 14.1. The Labute approximate surface area is 125 Å². The Morgan fingerprint density at radius 2 is 2.25 bits per heavy atom. The van der Waals surface area contributed by atoms with Crippen molar-refractivity contribution >= 4 is 11.6 Å². The van der Waals surface area contributed by atoms with Crippen LogP contribution in [0.5, 0.6) is 11.5 Å². The van der Waals surface area contributed by atoms with Crippen molar-refractivity contribution in [3.05, 3.63) is 35.4 Å². The average Bonchev–Trinajstić information content (AvgIpc) is 3.26. The van der Waals surface area contributed by atoms with E-state index in [1.54, 1.807) is 7.11 Å². The quantitative estimate of drug-likeness (QED) is 0.553. The first-order valence-corrected chi connectivity index (χ1v) is 7.46. The van der Waals surface area contributed by atoms with Crippen molar-refractivity contribution in [1.29, 1.82) is 0 Å². The van der Waals surface area contributed by atoms with Gasteiger partial charge in [-0.1, -0.05) is 17.7 Å². The lowest BCUT2D eigenvalue weighted by molar-refractivity contribution is 0.290. The summed E-state index contributed by atoms with van der Waals surface area (Å²) in [5.41, 5.74) is 1.12. The van der Waals surface area contributed by atoms with Crippen molar-refractivity contribution < 1.29 is 9.47 Å². The van der Waals surface area contributed by atoms with Gasteiger partial charge >= 0.3 is 0 Å². The minimum Gasteiger partial charge on any atom is -0.493 e. The topological polar surface area (TPSA) is 30.5 Å². The molecule has 1 saturated carbocycles. The highest BCUT2D eigenvalue weighted by molar-refractivity contribution is 6.32. The van der Waals surface area contributed by atoms with E-state index in [-0.39, 0.29) is 0 Å². The molecule has 20 heavy (non-hydrogen) atoms. The standard InChI is InChI=1S/C16H22ClNO2/c1-3-4-5-8-20-16-14(17)9-12(10-15(16)19-2)11-18-13-6-7-13/h3,9-10,13,18H,1,4-8,11H2,2H3. The molecule has 0 radical (unpaired) electrons. The van der Waals surface area contributed by atoms with Gasteiger partial charge in [0, 0.05) is 12.6 Å². The maximum Gasteiger partial charge on any atom is 0.179 e. The minimum absolute atomic E-state index is 0.607. The predicted molar refractivity (Wildman–Crippen MR) is 82.8 cm³/mol. The van der Waals surface area contributed by atoms with Gasteiger partial charge in [-0.3, -0.25) is 0 Å². The zero-order valence-electron chi connectivity index (χ0n) is 12.0. The number of hydrogen-bond donors (Lipinski definition) is 1. The van der Waals surface area contributed by atoms with Crippen LogP contribution in [0.2, 0.25) is 5.02 Å². The van der Waals surface area contributed by atoms with Crippen LogP contribution in [-0.4, -0.2) is 19.8 Å². The van der Waals surface area contributed by atoms with Crippen LogP contribution in [0.4, 0.5) is 0 Å². The Kier molecular flexibility index (Phi) is 5.74. The number of allylic oxidation sites excluding steroid dienone is 1. The average molecular weight is 296 g/mol. The predicted octanol–water partition coefficient (Wildman–Crippen LogP) is 3.95. The summed E-state index contributed by atoms with van der Waals surface area (Å²) in [6, 6.07) is 4.61. The van der Waals surface area contributed by atoms with Crippen LogP contribution in [0, 0.1) is 0 Å². The Balaban J connectivity index is 1.99. The van der Waals surface area contributed by atoms with Crippen molar-refractivity contribution in [3.63, 3.8) is 0 Å². The molecule has 0 aromatic heterocycles. The van der Waals surface area contributed by atoms with Gasteiger partial charge in [0.05, 0.1) is 18.7 Å². The fraction of sp³-hybridized carbons (Fsp3) is 0.500. The number of benzene rings is 1. The lowest BCUT2D eigenvalue weighted by Crippen LogP contribution is -2.15. The molecule has 3 nitrogen and oxygen atoms in total. The number of hydrogen-bond acceptors (Lipinski definition) is 3. The Morgan fingerprint density at radius 1 is 1.45 bits per heavy atom. The smallest absolute Gasteiger partial charge is 0.179 e. The van der Waals surface area contributed by atoms with Crippen LogP contribution in [0.3, 0.4) is 0 Å². The van der Waals surface area contributed by atoms with Crippen LogP contribution in [0.15, 0.2) is 24.8 Å². The van der Waals surface area contributed by atoms with E-state index in [0.717, 1.165) is 24.9 Å². The Morgan fingerprint density at radius 3 is 2.90 bits per heavy atom. The van der Waals surface area contributed by atoms with Gasteiger partial charge in [-0.2, -0.15) is 0 Å². The van der Waals surface area contributed by atoms with E-state index in [4.69, 9.17) is 21.1 Å². The first-order valence-electron chi connectivity index (χ1n) is 7.08. The Hall–Kier alpha value is -1.19. The van der Waals surface area contributed by atoms with Crippen molar-refractivity contribution in [2.45, 2.75) is 38.3 Å². The molecule has 1 N–H and O–H groups in total. The van der Waals surface area contributed by atoms with Crippen molar-refractivity contribution in [3.8, 4) is 11.5 Å². The molecule has 0 amide bonds. The second-order valence-electron chi connectivity index (χ2n) is 5.04. The molecule has 1 aliphatic rings. The molecule has 0 spiro atoms. The molecule has 0 heterocycles. The molecule has 110 valence electrons. The molecular formula is C16H22ClNO2. The third-order valence-corrected chi connectivity index (χ3v) is 3.54. The maximum atomic E-state index is 6.30. The van der Waals surface area contributed by atoms with Gasteiger partial charge in [0.2, 0.25) is 0 Å². The Bertz CT molecular complexity index is 458. The highest BCUT2D eigenvalue weighted by atomic mass is 35.5. The van der Waals surface area contributed by atoms with E-state index >= 15 is 0 Å². The monoisotopic (exact) mass is 295 g/mol. The third kappa shape index (κ3) is 4.43. The van der Waals surface area contributed by atoms with E-state index in [2.05, 4.69) is 11.9 Å². The largest absolute Gasteiger partial charge is 0.493 e. The number of ether oxygens (including phenoxy) is 2. The van der Waals surface area contributed by atoms with Crippen LogP contribution in [0.25, 0.3) is 0 Å². The molecule has 1 aromatic carbocycles. The van der Waals surface area contributed by atoms with Crippen LogP contribution >= 0.6 is 11.6 Å². The number of rotatable bonds is 9. The molecule has 0 bridgehead atoms. The molecule has 4 heteroatoms. The highest BCUT2D eigenvalue weighted by Gasteiger charge is 2.20. The summed E-state index contributed by atoms with van der Waals surface area (Å²) in [7, 11) is 1.64. The molecule has 1 fully saturated rings. The van der Waals surface area contributed by atoms with Gasteiger partial charge in [-0.25, -0.2) is 0 Å². The van der Waals surface area contributed by atoms with Crippen LogP contribution in [0.1, 0.15) is 31.2 Å². The number of methoxy groups -OCH3 is 1. The summed E-state index contributed by atoms with van der Waals surface area (Å²) in [6.45, 7) is 5.12. The van der Waals surface area contributed by atoms with E-state index < -0.39 is 0 Å². The highest BCUT2D eigenvalue weighted by Crippen LogP contribution is 2.36. The SMILES string of the molecule is C=CCCCOc1c(Cl)cc(CNC2CC2)cc1OC. The van der Waals surface area contributed by atoms with Crippen molar-refractivity contribution in [2.75, 3.05) is 13.7 Å². The van der Waals surface area contributed by atoms with Crippen molar-refractivity contribution in [2.24, 2.45) is 0 Å². The first-order chi connectivity index (χ1) is 9.74. The summed E-state index contributed by atoms with van der Waals surface area (Å²) in [5.74, 6) is 1.33. The number of halogens is 1. The molecule has 0 atom stereocenters. The summed E-state index contributed by atoms with van der Waals surface area (Å²) in [4.78, 5) is 0. The lowest BCUT2D eigenvalue weighted by Gasteiger charge is -2.14. The fourth-order valence-corrected chi connectivity index (χ4v) is 2.25. The maximum absolute atomic E-state index is 6.30. The zero-order chi connectivity index (χ0) is 14.4. The molecule has 0 unspecified atom stereocenters. The summed E-state index contributed by atoms with van der Waals surface area (Å²) < 4.78 is 11.1. The summed E-state index contributed by atoms with van der Waals surface area (Å²) in [6.07, 6.45) is 6.29. The zero-order valence-corrected chi connectivity index (χ0v) is 12.7. The van der Waals surface area contributed by atoms with Crippen LogP contribution in [-0.2, 0) is 6.54 Å². The molecule has 0 saturated heterocycles. The van der Waals surface area contributed by atoms with Gasteiger partial charge in [0.1, 0.15) is 0 Å². The van der Waals surface area contributed by atoms with E-state index in [9.17, 15) is 0 Å². The van der Waals surface area contributed by atoms with Crippen molar-refractivity contribution in [1.82, 2.24) is 5.32 Å². The minimum atomic E-state index is 0.607. The van der Waals surface area contributed by atoms with E-state index in [1.807, 2.05) is 18.2 Å².